The number of hydrogen-bond acceptors (Lipinski definition) is 4. The first-order chi connectivity index (χ1) is 14.8. The summed E-state index contributed by atoms with van der Waals surface area (Å²) < 4.78 is 42.3. The van der Waals surface area contributed by atoms with Crippen molar-refractivity contribution in [3.05, 3.63) is 88.8 Å². The summed E-state index contributed by atoms with van der Waals surface area (Å²) in [5, 5.41) is 7.36. The van der Waals surface area contributed by atoms with E-state index in [1.54, 1.807) is 43.6 Å². The quantitative estimate of drug-likeness (QED) is 0.404. The highest BCUT2D eigenvalue weighted by atomic mass is 35.5. The smallest absolute Gasteiger partial charge is 0.268 e. The Balaban J connectivity index is 1.84. The van der Waals surface area contributed by atoms with Gasteiger partial charge in [0.1, 0.15) is 5.82 Å². The average Bonchev–Trinajstić information content (AvgIpc) is 3.09. The van der Waals surface area contributed by atoms with E-state index in [1.807, 2.05) is 19.1 Å². The van der Waals surface area contributed by atoms with Crippen molar-refractivity contribution >= 4 is 43.9 Å². The zero-order chi connectivity index (χ0) is 22.2. The van der Waals surface area contributed by atoms with Crippen LogP contribution in [0, 0.1) is 12.7 Å². The largest absolute Gasteiger partial charge is 0.353 e. The van der Waals surface area contributed by atoms with Gasteiger partial charge >= 0.3 is 0 Å². The van der Waals surface area contributed by atoms with E-state index in [4.69, 9.17) is 11.6 Å². The van der Waals surface area contributed by atoms with Gasteiger partial charge in [0.25, 0.3) is 10.0 Å². The molecule has 4 aromatic rings. The van der Waals surface area contributed by atoms with Crippen LogP contribution < -0.4 is 10.6 Å². The second-order valence-corrected chi connectivity index (χ2v) is 9.53. The second-order valence-electron chi connectivity index (χ2n) is 7.28. The number of nitrogens with one attached hydrogen (secondary N) is 2. The van der Waals surface area contributed by atoms with Crippen molar-refractivity contribution in [2.75, 3.05) is 12.4 Å². The summed E-state index contributed by atoms with van der Waals surface area (Å²) in [6, 6.07) is 16.3. The summed E-state index contributed by atoms with van der Waals surface area (Å²) >= 11 is 5.92. The van der Waals surface area contributed by atoms with Crippen LogP contribution >= 0.6 is 11.6 Å². The Hall–Kier alpha value is -2.87. The van der Waals surface area contributed by atoms with Gasteiger partial charge in [-0.25, -0.2) is 16.8 Å². The molecule has 4 rings (SSSR count). The number of benzene rings is 3. The minimum absolute atomic E-state index is 0.132. The molecule has 160 valence electrons. The highest BCUT2D eigenvalue weighted by molar-refractivity contribution is 7.90. The molecule has 0 fully saturated rings. The summed E-state index contributed by atoms with van der Waals surface area (Å²) in [6.45, 7) is 2.32. The molecule has 0 aliphatic heterocycles. The van der Waals surface area contributed by atoms with Crippen LogP contribution in [0.3, 0.4) is 0 Å². The summed E-state index contributed by atoms with van der Waals surface area (Å²) in [5.41, 5.74) is 3.05. The Labute approximate surface area is 185 Å². The molecule has 31 heavy (non-hydrogen) atoms. The number of aryl methyl sites for hydroxylation is 1. The number of aromatic nitrogens is 1. The molecule has 3 aromatic carbocycles. The zero-order valence-corrected chi connectivity index (χ0v) is 18.6. The fraction of sp³-hybridized carbons (Fsp3) is 0.130. The summed E-state index contributed by atoms with van der Waals surface area (Å²) in [7, 11) is -2.06. The van der Waals surface area contributed by atoms with Gasteiger partial charge in [0, 0.05) is 28.8 Å². The van der Waals surface area contributed by atoms with Gasteiger partial charge in [0.15, 0.2) is 0 Å². The van der Waals surface area contributed by atoms with Gasteiger partial charge < -0.3 is 10.6 Å². The minimum Gasteiger partial charge on any atom is -0.353 e. The van der Waals surface area contributed by atoms with Gasteiger partial charge in [-0.2, -0.15) is 0 Å². The van der Waals surface area contributed by atoms with Crippen LogP contribution in [0.4, 0.5) is 15.8 Å². The molecule has 0 aliphatic carbocycles. The Kier molecular flexibility index (Phi) is 5.75. The van der Waals surface area contributed by atoms with Crippen molar-refractivity contribution in [3.8, 4) is 0 Å². The maximum absolute atomic E-state index is 14.3. The zero-order valence-electron chi connectivity index (χ0n) is 17.0. The summed E-state index contributed by atoms with van der Waals surface area (Å²) in [6.07, 6.45) is 1.61. The molecule has 0 spiro atoms. The third-order valence-electron chi connectivity index (χ3n) is 5.00. The molecule has 0 unspecified atom stereocenters. The normalized spacial score (nSPS) is 11.7. The van der Waals surface area contributed by atoms with Crippen LogP contribution in [0.2, 0.25) is 5.02 Å². The summed E-state index contributed by atoms with van der Waals surface area (Å²) in [4.78, 5) is 0.132. The van der Waals surface area contributed by atoms with Gasteiger partial charge in [-0.3, -0.25) is 0 Å². The molecule has 1 aromatic heterocycles. The fourth-order valence-electron chi connectivity index (χ4n) is 3.47. The van der Waals surface area contributed by atoms with Crippen molar-refractivity contribution in [3.63, 3.8) is 0 Å². The molecule has 0 aliphatic rings. The molecule has 2 N–H and O–H groups in total. The van der Waals surface area contributed by atoms with Crippen molar-refractivity contribution < 1.29 is 12.8 Å². The molecular weight excluding hydrogens is 437 g/mol. The van der Waals surface area contributed by atoms with Crippen molar-refractivity contribution in [1.29, 1.82) is 0 Å². The van der Waals surface area contributed by atoms with Crippen LogP contribution in [-0.2, 0) is 16.6 Å². The first kappa shape index (κ1) is 21.4. The lowest BCUT2D eigenvalue weighted by atomic mass is 10.1. The lowest BCUT2D eigenvalue weighted by Crippen LogP contribution is -2.12. The molecule has 0 saturated heterocycles. The van der Waals surface area contributed by atoms with Crippen LogP contribution in [0.15, 0.2) is 71.8 Å². The minimum atomic E-state index is -3.85. The molecule has 0 saturated carbocycles. The van der Waals surface area contributed by atoms with E-state index in [-0.39, 0.29) is 10.7 Å². The van der Waals surface area contributed by atoms with Gasteiger partial charge in [-0.15, -0.1) is 0 Å². The molecule has 0 radical (unpaired) electrons. The molecular formula is C23H21ClFN3O2S. The van der Waals surface area contributed by atoms with E-state index in [0.717, 1.165) is 16.5 Å². The van der Waals surface area contributed by atoms with E-state index >= 15 is 0 Å². The fourth-order valence-corrected chi connectivity index (χ4v) is 4.98. The third kappa shape index (κ3) is 4.17. The van der Waals surface area contributed by atoms with Gasteiger partial charge in [-0.05, 0) is 73.6 Å². The van der Waals surface area contributed by atoms with Crippen LogP contribution in [0.5, 0.6) is 0 Å². The number of nitrogens with zero attached hydrogens (tertiary/aromatic N) is 1. The summed E-state index contributed by atoms with van der Waals surface area (Å²) in [5.74, 6) is -0.375. The number of hydrogen-bond donors (Lipinski definition) is 2. The van der Waals surface area contributed by atoms with E-state index in [0.29, 0.717) is 28.5 Å². The van der Waals surface area contributed by atoms with E-state index in [1.165, 1.54) is 22.2 Å². The predicted octanol–water partition coefficient (Wildman–Crippen LogP) is 5.44. The average molecular weight is 458 g/mol. The van der Waals surface area contributed by atoms with E-state index < -0.39 is 10.0 Å². The Morgan fingerprint density at radius 2 is 1.77 bits per heavy atom. The topological polar surface area (TPSA) is 63.1 Å². The van der Waals surface area contributed by atoms with Crippen molar-refractivity contribution in [2.45, 2.75) is 18.4 Å². The van der Waals surface area contributed by atoms with E-state index in [9.17, 15) is 12.8 Å². The maximum Gasteiger partial charge on any atom is 0.268 e. The standard InChI is InChI=1S/C23H21ClFN3O2S/c1-15-3-10-22(21(25)11-15)27-18-6-9-20-16(13-26-2)14-28(23(20)12-18)31(29,30)19-7-4-17(24)5-8-19/h3-12,14,26-27H,13H2,1-2H3. The number of rotatable bonds is 6. The first-order valence-electron chi connectivity index (χ1n) is 9.62. The van der Waals surface area contributed by atoms with Crippen molar-refractivity contribution in [2.24, 2.45) is 0 Å². The first-order valence-corrected chi connectivity index (χ1v) is 11.4. The Morgan fingerprint density at radius 3 is 2.45 bits per heavy atom. The molecule has 0 bridgehead atoms. The monoisotopic (exact) mass is 457 g/mol. The molecule has 8 heteroatoms. The highest BCUT2D eigenvalue weighted by Crippen LogP contribution is 2.30. The third-order valence-corrected chi connectivity index (χ3v) is 6.94. The predicted molar refractivity (Wildman–Crippen MR) is 123 cm³/mol. The molecule has 0 amide bonds. The molecule has 5 nitrogen and oxygen atoms in total. The Morgan fingerprint density at radius 1 is 1.03 bits per heavy atom. The van der Waals surface area contributed by atoms with E-state index in [2.05, 4.69) is 10.6 Å². The number of halogens is 2. The van der Waals surface area contributed by atoms with Gasteiger partial charge in [-0.1, -0.05) is 23.7 Å². The molecule has 1 heterocycles. The van der Waals surface area contributed by atoms with Crippen LogP contribution in [-0.4, -0.2) is 19.4 Å². The van der Waals surface area contributed by atoms with Gasteiger partial charge in [0.2, 0.25) is 0 Å². The maximum atomic E-state index is 14.3. The van der Waals surface area contributed by atoms with Crippen molar-refractivity contribution in [1.82, 2.24) is 9.29 Å². The highest BCUT2D eigenvalue weighted by Gasteiger charge is 2.21. The second kappa shape index (κ2) is 8.34. The lowest BCUT2D eigenvalue weighted by molar-refractivity contribution is 0.589. The SMILES string of the molecule is CNCc1cn(S(=O)(=O)c2ccc(Cl)cc2)c2cc(Nc3ccc(C)cc3F)ccc12. The Bertz CT molecular complexity index is 1370. The van der Waals surface area contributed by atoms with Gasteiger partial charge in [0.05, 0.1) is 16.1 Å². The number of anilines is 2. The molecule has 0 atom stereocenters. The lowest BCUT2D eigenvalue weighted by Gasteiger charge is -2.11. The number of fused-ring (bicyclic) bond motifs is 1. The van der Waals surface area contributed by atoms with Crippen LogP contribution in [0.25, 0.3) is 10.9 Å². The van der Waals surface area contributed by atoms with Crippen LogP contribution in [0.1, 0.15) is 11.1 Å².